The van der Waals surface area contributed by atoms with Crippen LogP contribution in [-0.2, 0) is 11.3 Å². The number of aromatic nitrogens is 3. The summed E-state index contributed by atoms with van der Waals surface area (Å²) in [6.45, 7) is -0.751. The van der Waals surface area contributed by atoms with Gasteiger partial charge in [0.2, 0.25) is 0 Å². The third kappa shape index (κ3) is 4.32. The van der Waals surface area contributed by atoms with Crippen LogP contribution in [0.2, 0.25) is 0 Å². The van der Waals surface area contributed by atoms with E-state index in [0.717, 1.165) is 16.8 Å². The van der Waals surface area contributed by atoms with Crippen molar-refractivity contribution < 1.29 is 28.5 Å². The molecule has 1 atom stereocenters. The lowest BCUT2D eigenvalue weighted by Gasteiger charge is -2.10. The summed E-state index contributed by atoms with van der Waals surface area (Å²) in [7, 11) is 1.40. The highest BCUT2D eigenvalue weighted by Gasteiger charge is 2.25. The van der Waals surface area contributed by atoms with Crippen LogP contribution in [0.15, 0.2) is 18.3 Å². The van der Waals surface area contributed by atoms with E-state index in [-0.39, 0.29) is 17.4 Å². The SMILES string of the molecule is COC(=S)NCc1cn(-c2cc(F)c(C(=O)[C@H](O)CO)c(F)c2)nn1. The van der Waals surface area contributed by atoms with E-state index in [4.69, 9.17) is 22.1 Å². The summed E-state index contributed by atoms with van der Waals surface area (Å²) in [5.74, 6) is -3.63. The number of carbonyl (C=O) groups is 1. The van der Waals surface area contributed by atoms with Gasteiger partial charge in [0.1, 0.15) is 23.4 Å². The summed E-state index contributed by atoms with van der Waals surface area (Å²) in [5, 5.41) is 28.4. The molecule has 0 radical (unpaired) electrons. The van der Waals surface area contributed by atoms with Crippen molar-refractivity contribution in [1.29, 1.82) is 0 Å². The first kappa shape index (κ1) is 18.8. The maximum Gasteiger partial charge on any atom is 0.256 e. The Morgan fingerprint density at radius 3 is 2.64 bits per heavy atom. The molecule has 0 saturated carbocycles. The van der Waals surface area contributed by atoms with Crippen molar-refractivity contribution in [3.8, 4) is 5.69 Å². The van der Waals surface area contributed by atoms with Crippen LogP contribution in [-0.4, -0.2) is 56.0 Å². The Bertz CT molecular complexity index is 776. The number of methoxy groups -OCH3 is 1. The monoisotopic (exact) mass is 372 g/mol. The third-order valence-corrected chi connectivity index (χ3v) is 3.46. The predicted molar refractivity (Wildman–Crippen MR) is 85.1 cm³/mol. The fourth-order valence-corrected chi connectivity index (χ4v) is 1.99. The van der Waals surface area contributed by atoms with Crippen LogP contribution in [0.4, 0.5) is 8.78 Å². The van der Waals surface area contributed by atoms with Gasteiger partial charge in [-0.2, -0.15) is 0 Å². The minimum atomic E-state index is -1.90. The number of hydrogen-bond acceptors (Lipinski definition) is 7. The van der Waals surface area contributed by atoms with Gasteiger partial charge in [-0.25, -0.2) is 13.5 Å². The molecule has 0 unspecified atom stereocenters. The molecule has 25 heavy (non-hydrogen) atoms. The summed E-state index contributed by atoms with van der Waals surface area (Å²) >= 11 is 4.80. The molecule has 134 valence electrons. The Morgan fingerprint density at radius 2 is 2.08 bits per heavy atom. The van der Waals surface area contributed by atoms with Crippen molar-refractivity contribution in [3.05, 3.63) is 41.2 Å². The topological polar surface area (TPSA) is 110 Å². The number of benzene rings is 1. The van der Waals surface area contributed by atoms with Crippen LogP contribution >= 0.6 is 12.2 Å². The fraction of sp³-hybridized carbons (Fsp3) is 0.286. The van der Waals surface area contributed by atoms with E-state index in [1.807, 2.05) is 0 Å². The largest absolute Gasteiger partial charge is 0.474 e. The minimum Gasteiger partial charge on any atom is -0.474 e. The van der Waals surface area contributed by atoms with Gasteiger partial charge in [-0.3, -0.25) is 4.79 Å². The molecule has 3 N–H and O–H groups in total. The number of thiocarbonyl (C=S) groups is 1. The number of ketones is 1. The smallest absolute Gasteiger partial charge is 0.256 e. The highest BCUT2D eigenvalue weighted by atomic mass is 32.1. The van der Waals surface area contributed by atoms with Crippen molar-refractivity contribution in [1.82, 2.24) is 20.3 Å². The van der Waals surface area contributed by atoms with Crippen LogP contribution < -0.4 is 5.32 Å². The number of hydrogen-bond donors (Lipinski definition) is 3. The Morgan fingerprint density at radius 1 is 1.44 bits per heavy atom. The average molecular weight is 372 g/mol. The zero-order valence-corrected chi connectivity index (χ0v) is 13.8. The Hall–Kier alpha value is -2.50. The summed E-state index contributed by atoms with van der Waals surface area (Å²) in [6.07, 6.45) is -0.493. The quantitative estimate of drug-likeness (QED) is 0.484. The predicted octanol–water partition coefficient (Wildman–Crippen LogP) is 0.102. The zero-order chi connectivity index (χ0) is 18.6. The van der Waals surface area contributed by atoms with E-state index < -0.39 is 35.7 Å². The van der Waals surface area contributed by atoms with Crippen molar-refractivity contribution in [2.45, 2.75) is 12.6 Å². The molecule has 2 rings (SSSR count). The molecule has 0 amide bonds. The molecule has 1 heterocycles. The van der Waals surface area contributed by atoms with Crippen LogP contribution in [0.1, 0.15) is 16.1 Å². The maximum absolute atomic E-state index is 14.1. The van der Waals surface area contributed by atoms with Crippen molar-refractivity contribution in [3.63, 3.8) is 0 Å². The normalized spacial score (nSPS) is 11.9. The number of aliphatic hydroxyl groups excluding tert-OH is 2. The van der Waals surface area contributed by atoms with E-state index in [1.54, 1.807) is 0 Å². The van der Waals surface area contributed by atoms with Crippen molar-refractivity contribution >= 4 is 23.2 Å². The molecule has 1 aromatic carbocycles. The van der Waals surface area contributed by atoms with Crippen LogP contribution in [0.25, 0.3) is 5.69 Å². The molecule has 0 fully saturated rings. The van der Waals surface area contributed by atoms with E-state index in [0.29, 0.717) is 5.69 Å². The molecule has 2 aromatic rings. The van der Waals surface area contributed by atoms with Crippen LogP contribution in [0.3, 0.4) is 0 Å². The second-order valence-corrected chi connectivity index (χ2v) is 5.22. The van der Waals surface area contributed by atoms with Crippen molar-refractivity contribution in [2.75, 3.05) is 13.7 Å². The average Bonchev–Trinajstić information content (AvgIpc) is 3.07. The van der Waals surface area contributed by atoms with Gasteiger partial charge >= 0.3 is 0 Å². The minimum absolute atomic E-state index is 0.0156. The summed E-state index contributed by atoms with van der Waals surface area (Å²) < 4.78 is 34.0. The number of halogens is 2. The molecule has 1 aromatic heterocycles. The second kappa shape index (κ2) is 8.05. The number of nitrogens with one attached hydrogen (secondary N) is 1. The van der Waals surface area contributed by atoms with Gasteiger partial charge in [0.25, 0.3) is 5.17 Å². The summed E-state index contributed by atoms with van der Waals surface area (Å²) in [5.41, 5.74) is -0.521. The molecule has 0 aliphatic rings. The Balaban J connectivity index is 2.25. The van der Waals surface area contributed by atoms with Gasteiger partial charge in [-0.15, -0.1) is 5.10 Å². The molecule has 0 aliphatic carbocycles. The lowest BCUT2D eigenvalue weighted by atomic mass is 10.0. The first-order valence-corrected chi connectivity index (χ1v) is 7.33. The zero-order valence-electron chi connectivity index (χ0n) is 12.9. The van der Waals surface area contributed by atoms with Gasteiger partial charge in [-0.1, -0.05) is 5.21 Å². The number of carbonyl (C=O) groups excluding carboxylic acids is 1. The number of aliphatic hydroxyl groups is 2. The molecule has 0 bridgehead atoms. The lowest BCUT2D eigenvalue weighted by molar-refractivity contribution is 0.0579. The van der Waals surface area contributed by atoms with Gasteiger partial charge in [0, 0.05) is 12.1 Å². The van der Waals surface area contributed by atoms with Gasteiger partial charge in [0.05, 0.1) is 37.7 Å². The molecule has 0 saturated heterocycles. The highest BCUT2D eigenvalue weighted by molar-refractivity contribution is 7.80. The standard InChI is InChI=1S/C14H14F2N4O4S/c1-24-14(25)17-4-7-5-20(19-18-7)8-2-9(15)12(10(16)3-8)13(23)11(22)6-21/h2-3,5,11,21-22H,4,6H2,1H3,(H,17,25)/t11-/m1/s1. The molecular formula is C14H14F2N4O4S. The third-order valence-electron chi connectivity index (χ3n) is 3.15. The Labute approximate surface area is 146 Å². The van der Waals surface area contributed by atoms with E-state index in [2.05, 4.69) is 15.6 Å². The van der Waals surface area contributed by atoms with Crippen molar-refractivity contribution in [2.24, 2.45) is 0 Å². The maximum atomic E-state index is 14.1. The Kier molecular flexibility index (Phi) is 6.07. The fourth-order valence-electron chi connectivity index (χ4n) is 1.92. The molecule has 11 heteroatoms. The van der Waals surface area contributed by atoms with Gasteiger partial charge in [-0.05, 0) is 12.2 Å². The van der Waals surface area contributed by atoms with Crippen LogP contribution in [0.5, 0.6) is 0 Å². The number of ether oxygens (including phenoxy) is 1. The van der Waals surface area contributed by atoms with Gasteiger partial charge < -0.3 is 20.3 Å². The number of Topliss-reactive ketones (excluding diaryl/α,β-unsaturated/α-hetero) is 1. The summed E-state index contributed by atoms with van der Waals surface area (Å²) in [4.78, 5) is 11.7. The molecule has 0 aliphatic heterocycles. The first-order valence-electron chi connectivity index (χ1n) is 6.93. The molecular weight excluding hydrogens is 358 g/mol. The van der Waals surface area contributed by atoms with Crippen LogP contribution in [0, 0.1) is 11.6 Å². The number of rotatable bonds is 6. The molecule has 0 spiro atoms. The summed E-state index contributed by atoms with van der Waals surface area (Å²) in [6, 6.07) is 1.73. The van der Waals surface area contributed by atoms with Gasteiger partial charge in [0.15, 0.2) is 5.78 Å². The second-order valence-electron chi connectivity index (χ2n) is 4.85. The number of nitrogens with zero attached hydrogens (tertiary/aromatic N) is 3. The van der Waals surface area contributed by atoms with E-state index >= 15 is 0 Å². The first-order chi connectivity index (χ1) is 11.9. The molecule has 8 nitrogen and oxygen atoms in total. The highest BCUT2D eigenvalue weighted by Crippen LogP contribution is 2.19. The van der Waals surface area contributed by atoms with E-state index in [9.17, 15) is 18.7 Å². The lowest BCUT2D eigenvalue weighted by Crippen LogP contribution is -2.26. The van der Waals surface area contributed by atoms with E-state index in [1.165, 1.54) is 13.3 Å².